The van der Waals surface area contributed by atoms with Gasteiger partial charge in [-0.25, -0.2) is 4.18 Å². The molecule has 71 heavy (non-hydrogen) atoms. The highest BCUT2D eigenvalue weighted by Gasteiger charge is 2.48. The molecule has 7 unspecified atom stereocenters. The van der Waals surface area contributed by atoms with Crippen LogP contribution >= 0.6 is 0 Å². The van der Waals surface area contributed by atoms with Gasteiger partial charge in [-0.15, -0.1) is 0 Å². The van der Waals surface area contributed by atoms with Crippen molar-refractivity contribution in [2.24, 2.45) is 0 Å². The number of amides is 1. The lowest BCUT2D eigenvalue weighted by Gasteiger charge is -2.41. The fourth-order valence-corrected chi connectivity index (χ4v) is 10.7. The molecule has 0 spiro atoms. The third kappa shape index (κ3) is 41.0. The van der Waals surface area contributed by atoms with Crippen LogP contribution in [0.2, 0.25) is 0 Å². The number of hydrogen-bond donors (Lipinski definition) is 6. The van der Waals surface area contributed by atoms with Gasteiger partial charge in [0.25, 0.3) is 0 Å². The second-order valence-electron chi connectivity index (χ2n) is 21.7. The Balaban J connectivity index is 2.31. The first-order chi connectivity index (χ1) is 34.5. The zero-order chi connectivity index (χ0) is 51.9. The number of unbranched alkanes of at least 4 members (excludes halogenated alkanes) is 42. The fourth-order valence-electron chi connectivity index (χ4n) is 10.2. The summed E-state index contributed by atoms with van der Waals surface area (Å²) in [5, 5.41) is 45.2. The van der Waals surface area contributed by atoms with E-state index >= 15 is 0 Å². The number of ether oxygens (including phenoxy) is 2. The Morgan fingerprint density at radius 1 is 0.507 bits per heavy atom. The molecule has 1 fully saturated rings. The molecule has 0 saturated carbocycles. The summed E-state index contributed by atoms with van der Waals surface area (Å²) in [5.41, 5.74) is 0. The quantitative estimate of drug-likeness (QED) is 0.0251. The van der Waals surface area contributed by atoms with Gasteiger partial charge in [0.05, 0.1) is 25.4 Å². The Labute approximate surface area is 437 Å². The molecule has 424 valence electrons. The number of nitrogens with one attached hydrogen (secondary N) is 1. The average Bonchev–Trinajstić information content (AvgIpc) is 3.34. The topological polar surface area (TPSA) is 192 Å². The number of carbonyl (C=O) groups excluding carboxylic acids is 1. The summed E-state index contributed by atoms with van der Waals surface area (Å²) in [6, 6.07) is -0.853. The summed E-state index contributed by atoms with van der Waals surface area (Å²) < 4.78 is 48.0. The minimum Gasteiger partial charge on any atom is -0.394 e. The highest BCUT2D eigenvalue weighted by atomic mass is 32.3. The van der Waals surface area contributed by atoms with Crippen molar-refractivity contribution >= 4 is 16.3 Å². The molecule has 0 aromatic heterocycles. The molecule has 1 heterocycles. The highest BCUT2D eigenvalue weighted by Crippen LogP contribution is 2.26. The predicted octanol–water partition coefficient (Wildman–Crippen LogP) is 14.5. The van der Waals surface area contributed by atoms with Gasteiger partial charge < -0.3 is 35.2 Å². The van der Waals surface area contributed by atoms with Crippen molar-refractivity contribution in [3.05, 3.63) is 0 Å². The molecule has 7 atom stereocenters. The number of hydrogen-bond acceptors (Lipinski definition) is 10. The molecule has 0 bridgehead atoms. The standard InChI is InChI=1S/C58H115NO11S/c1-3-5-7-9-11-13-15-17-19-21-23-25-26-27-28-29-31-33-35-37-39-41-43-45-47-52(61)51(50-68-58-56(64)57(70-71(65,66)67)55(63)53(49-60)69-58)59-54(62)48-46-44-42-40-38-36-34-32-30-24-22-20-18-16-14-12-10-8-6-4-2/h51-53,55-58,60-61,63-64H,3-50H2,1-2H3,(H,59,62)(H,65,66,67). The van der Waals surface area contributed by atoms with Crippen LogP contribution in [0.3, 0.4) is 0 Å². The zero-order valence-corrected chi connectivity index (χ0v) is 46.9. The van der Waals surface area contributed by atoms with Gasteiger partial charge in [-0.3, -0.25) is 9.35 Å². The Morgan fingerprint density at radius 3 is 1.13 bits per heavy atom. The van der Waals surface area contributed by atoms with Crippen LogP contribution in [0.4, 0.5) is 0 Å². The number of rotatable bonds is 54. The second-order valence-corrected chi connectivity index (χ2v) is 22.7. The molecule has 1 rings (SSSR count). The normalized spacial score (nSPS) is 19.3. The van der Waals surface area contributed by atoms with Crippen LogP contribution in [0.5, 0.6) is 0 Å². The van der Waals surface area contributed by atoms with Crippen molar-refractivity contribution in [2.45, 2.75) is 352 Å². The molecule has 1 aliphatic rings. The molecule has 1 aliphatic heterocycles. The van der Waals surface area contributed by atoms with Gasteiger partial charge in [0.2, 0.25) is 5.91 Å². The summed E-state index contributed by atoms with van der Waals surface area (Å²) in [7, 11) is -5.08. The van der Waals surface area contributed by atoms with Crippen LogP contribution in [-0.4, -0.2) is 95.4 Å². The van der Waals surface area contributed by atoms with E-state index in [0.29, 0.717) is 12.8 Å². The van der Waals surface area contributed by atoms with Crippen LogP contribution in [0.1, 0.15) is 309 Å². The van der Waals surface area contributed by atoms with E-state index in [2.05, 4.69) is 23.3 Å². The van der Waals surface area contributed by atoms with E-state index in [-0.39, 0.29) is 12.5 Å². The highest BCUT2D eigenvalue weighted by molar-refractivity contribution is 7.80. The molecule has 0 aromatic rings. The van der Waals surface area contributed by atoms with E-state index < -0.39 is 59.9 Å². The Kier molecular flexibility index (Phi) is 46.7. The lowest BCUT2D eigenvalue weighted by molar-refractivity contribution is -0.298. The van der Waals surface area contributed by atoms with E-state index in [4.69, 9.17) is 9.47 Å². The van der Waals surface area contributed by atoms with Gasteiger partial charge in [0, 0.05) is 6.42 Å². The summed E-state index contributed by atoms with van der Waals surface area (Å²) in [4.78, 5) is 13.2. The first-order valence-corrected chi connectivity index (χ1v) is 31.8. The maximum absolute atomic E-state index is 13.2. The van der Waals surface area contributed by atoms with E-state index in [1.165, 1.54) is 231 Å². The SMILES string of the molecule is CCCCCCCCCCCCCCCCCCCCCCCCCCC(O)C(COC1OC(CO)C(O)C(OS(=O)(=O)O)C1O)NC(=O)CCCCCCCCCCCCCCCCCCCCCC. The molecule has 13 heteroatoms. The minimum absolute atomic E-state index is 0.221. The van der Waals surface area contributed by atoms with Crippen LogP contribution in [0, 0.1) is 0 Å². The zero-order valence-electron chi connectivity index (χ0n) is 46.1. The minimum atomic E-state index is -5.08. The van der Waals surface area contributed by atoms with Crippen LogP contribution < -0.4 is 5.32 Å². The molecule has 0 aliphatic carbocycles. The first-order valence-electron chi connectivity index (χ1n) is 30.4. The molecule has 12 nitrogen and oxygen atoms in total. The van der Waals surface area contributed by atoms with Crippen LogP contribution in [-0.2, 0) is 28.9 Å². The average molecular weight is 1030 g/mol. The van der Waals surface area contributed by atoms with Gasteiger partial charge in [0.15, 0.2) is 6.29 Å². The van der Waals surface area contributed by atoms with Gasteiger partial charge >= 0.3 is 10.4 Å². The van der Waals surface area contributed by atoms with Crippen molar-refractivity contribution in [3.63, 3.8) is 0 Å². The lowest BCUT2D eigenvalue weighted by atomic mass is 9.99. The van der Waals surface area contributed by atoms with Crippen molar-refractivity contribution < 1.29 is 51.8 Å². The van der Waals surface area contributed by atoms with Crippen molar-refractivity contribution in [2.75, 3.05) is 13.2 Å². The maximum atomic E-state index is 13.2. The van der Waals surface area contributed by atoms with Gasteiger partial charge in [-0.2, -0.15) is 8.42 Å². The summed E-state index contributed by atoms with van der Waals surface area (Å²) in [5.74, 6) is -0.221. The Bertz CT molecular complexity index is 1260. The van der Waals surface area contributed by atoms with Gasteiger partial charge in [-0.05, 0) is 12.8 Å². The third-order valence-electron chi connectivity index (χ3n) is 14.9. The summed E-state index contributed by atoms with van der Waals surface area (Å²) >= 11 is 0. The molecule has 0 aromatic carbocycles. The van der Waals surface area contributed by atoms with Gasteiger partial charge in [-0.1, -0.05) is 290 Å². The summed E-state index contributed by atoms with van der Waals surface area (Å²) in [6.45, 7) is 3.51. The van der Waals surface area contributed by atoms with E-state index in [0.717, 1.165) is 51.4 Å². The van der Waals surface area contributed by atoms with E-state index in [1.807, 2.05) is 0 Å². The van der Waals surface area contributed by atoms with E-state index in [1.54, 1.807) is 0 Å². The fraction of sp³-hybridized carbons (Fsp3) is 0.983. The maximum Gasteiger partial charge on any atom is 0.397 e. The van der Waals surface area contributed by atoms with Crippen LogP contribution in [0.15, 0.2) is 0 Å². The monoisotopic (exact) mass is 1030 g/mol. The smallest absolute Gasteiger partial charge is 0.394 e. The lowest BCUT2D eigenvalue weighted by Crippen LogP contribution is -2.61. The number of carbonyl (C=O) groups is 1. The molecular weight excluding hydrogens is 919 g/mol. The van der Waals surface area contributed by atoms with Crippen molar-refractivity contribution in [1.29, 1.82) is 0 Å². The molecule has 6 N–H and O–H groups in total. The molecule has 1 amide bonds. The van der Waals surface area contributed by atoms with Gasteiger partial charge in [0.1, 0.15) is 24.4 Å². The third-order valence-corrected chi connectivity index (χ3v) is 15.4. The number of aliphatic hydroxyl groups is 4. The molecular formula is C58H115NO11S. The van der Waals surface area contributed by atoms with Crippen molar-refractivity contribution in [3.8, 4) is 0 Å². The predicted molar refractivity (Wildman–Crippen MR) is 292 cm³/mol. The second kappa shape index (κ2) is 48.7. The molecule has 0 radical (unpaired) electrons. The largest absolute Gasteiger partial charge is 0.397 e. The number of aliphatic hydroxyl groups excluding tert-OH is 4. The van der Waals surface area contributed by atoms with E-state index in [9.17, 15) is 38.2 Å². The first kappa shape index (κ1) is 68.1. The Morgan fingerprint density at radius 2 is 0.817 bits per heavy atom. The molecule has 1 saturated heterocycles. The summed E-state index contributed by atoms with van der Waals surface area (Å²) in [6.07, 6.45) is 48.2. The Hall–Kier alpha value is -0.900. The van der Waals surface area contributed by atoms with Crippen LogP contribution in [0.25, 0.3) is 0 Å². The van der Waals surface area contributed by atoms with Crippen molar-refractivity contribution in [1.82, 2.24) is 5.32 Å².